The molecule has 0 bridgehead atoms. The predicted octanol–water partition coefficient (Wildman–Crippen LogP) is 6.47. The van der Waals surface area contributed by atoms with E-state index in [9.17, 15) is 22.4 Å². The van der Waals surface area contributed by atoms with Crippen LogP contribution in [-0.4, -0.2) is 56.7 Å². The van der Waals surface area contributed by atoms with Gasteiger partial charge in [-0.05, 0) is 60.6 Å². The van der Waals surface area contributed by atoms with Crippen LogP contribution in [0, 0.1) is 5.82 Å². The summed E-state index contributed by atoms with van der Waals surface area (Å²) in [6.45, 7) is 0.845. The van der Waals surface area contributed by atoms with Gasteiger partial charge in [-0.1, -0.05) is 35.3 Å². The molecule has 6 nitrogen and oxygen atoms in total. The van der Waals surface area contributed by atoms with Crippen LogP contribution in [-0.2, 0) is 12.7 Å². The summed E-state index contributed by atoms with van der Waals surface area (Å²) in [6, 6.07) is 13.1. The number of rotatable bonds is 6. The van der Waals surface area contributed by atoms with Crippen LogP contribution in [0.3, 0.4) is 0 Å². The number of halogens is 6. The summed E-state index contributed by atoms with van der Waals surface area (Å²) in [5, 5.41) is 4.90. The number of likely N-dealkylation sites (tertiary alicyclic amines) is 1. The van der Waals surface area contributed by atoms with Gasteiger partial charge in [0.05, 0.1) is 21.2 Å². The fourth-order valence-corrected chi connectivity index (χ4v) is 5.30. The molecule has 3 heterocycles. The number of pyridine rings is 1. The van der Waals surface area contributed by atoms with Crippen molar-refractivity contribution >= 4 is 29.1 Å². The fraction of sp³-hybridized carbons (Fsp3) is 0.250. The van der Waals surface area contributed by atoms with Gasteiger partial charge in [0.15, 0.2) is 5.82 Å². The zero-order chi connectivity index (χ0) is 28.6. The third-order valence-electron chi connectivity index (χ3n) is 7.02. The lowest BCUT2D eigenvalue weighted by molar-refractivity contribution is -0.140. The number of amides is 1. The number of nitrogens with zero attached hydrogens (tertiary/aromatic N) is 5. The number of carbonyl (C=O) groups is 1. The molecule has 12 heteroatoms. The highest BCUT2D eigenvalue weighted by molar-refractivity contribution is 6.42. The van der Waals surface area contributed by atoms with Gasteiger partial charge in [0.2, 0.25) is 0 Å². The molecule has 0 saturated carbocycles. The number of likely N-dealkylation sites (N-methyl/N-ethyl adjacent to an activating group) is 1. The average Bonchev–Trinajstić information content (AvgIpc) is 3.60. The van der Waals surface area contributed by atoms with Crippen molar-refractivity contribution in [2.45, 2.75) is 24.7 Å². The summed E-state index contributed by atoms with van der Waals surface area (Å²) in [5.74, 6) is -1.17. The zero-order valence-electron chi connectivity index (χ0n) is 21.1. The molecule has 1 amide bonds. The highest BCUT2D eigenvalue weighted by Gasteiger charge is 2.39. The first-order chi connectivity index (χ1) is 19.0. The van der Waals surface area contributed by atoms with Gasteiger partial charge in [0.25, 0.3) is 5.91 Å². The summed E-state index contributed by atoms with van der Waals surface area (Å²) in [6.07, 6.45) is 0.0969. The van der Waals surface area contributed by atoms with E-state index in [4.69, 9.17) is 23.2 Å². The first-order valence-electron chi connectivity index (χ1n) is 12.3. The van der Waals surface area contributed by atoms with E-state index in [1.807, 2.05) is 11.0 Å². The molecule has 0 radical (unpaired) electrons. The Morgan fingerprint density at radius 2 is 1.88 bits per heavy atom. The number of hydrogen-bond donors (Lipinski definition) is 0. The molecule has 2 aromatic heterocycles. The fourth-order valence-electron chi connectivity index (χ4n) is 5.00. The van der Waals surface area contributed by atoms with E-state index in [1.54, 1.807) is 59.4 Å². The minimum atomic E-state index is -4.77. The summed E-state index contributed by atoms with van der Waals surface area (Å²) in [5.41, 5.74) is 0.325. The van der Waals surface area contributed by atoms with Crippen molar-refractivity contribution in [3.05, 3.63) is 111 Å². The molecule has 0 spiro atoms. The molecule has 1 saturated heterocycles. The van der Waals surface area contributed by atoms with Crippen LogP contribution < -0.4 is 0 Å². The number of hydrogen-bond acceptors (Lipinski definition) is 4. The smallest absolute Gasteiger partial charge is 0.336 e. The minimum absolute atomic E-state index is 0.166. The molecule has 5 rings (SSSR count). The Labute approximate surface area is 237 Å². The molecule has 1 fully saturated rings. The van der Waals surface area contributed by atoms with Crippen molar-refractivity contribution in [1.29, 1.82) is 0 Å². The van der Waals surface area contributed by atoms with E-state index in [0.717, 1.165) is 17.7 Å². The van der Waals surface area contributed by atoms with Crippen LogP contribution in [0.5, 0.6) is 0 Å². The van der Waals surface area contributed by atoms with Gasteiger partial charge >= 0.3 is 6.18 Å². The Morgan fingerprint density at radius 1 is 1.07 bits per heavy atom. The molecular weight excluding hydrogens is 569 g/mol. The Balaban J connectivity index is 1.39. The van der Waals surface area contributed by atoms with E-state index < -0.39 is 17.6 Å². The molecule has 2 atom stereocenters. The first kappa shape index (κ1) is 28.1. The molecular formula is C28H23Cl2F4N5O. The Kier molecular flexibility index (Phi) is 7.85. The maximum Gasteiger partial charge on any atom is 0.419 e. The quantitative estimate of drug-likeness (QED) is 0.241. The summed E-state index contributed by atoms with van der Waals surface area (Å²) < 4.78 is 54.9. The molecule has 1 aliphatic rings. The number of alkyl halides is 3. The Bertz CT molecular complexity index is 1510. The minimum Gasteiger partial charge on any atom is -0.336 e. The van der Waals surface area contributed by atoms with Gasteiger partial charge in [-0.3, -0.25) is 9.69 Å². The molecule has 4 aromatic rings. The predicted molar refractivity (Wildman–Crippen MR) is 143 cm³/mol. The van der Waals surface area contributed by atoms with Gasteiger partial charge in [-0.15, -0.1) is 0 Å². The zero-order valence-corrected chi connectivity index (χ0v) is 22.6. The molecule has 2 aromatic carbocycles. The van der Waals surface area contributed by atoms with Crippen molar-refractivity contribution < 1.29 is 22.4 Å². The van der Waals surface area contributed by atoms with Gasteiger partial charge < -0.3 is 4.90 Å². The summed E-state index contributed by atoms with van der Waals surface area (Å²) in [7, 11) is 1.79. The van der Waals surface area contributed by atoms with Crippen LogP contribution in [0.2, 0.25) is 10.0 Å². The summed E-state index contributed by atoms with van der Waals surface area (Å²) in [4.78, 5) is 21.4. The number of carbonyl (C=O) groups excluding carboxylic acids is 1. The molecule has 0 unspecified atom stereocenters. The average molecular weight is 592 g/mol. The first-order valence-corrected chi connectivity index (χ1v) is 13.0. The Hall–Kier alpha value is -3.47. The van der Waals surface area contributed by atoms with Crippen LogP contribution in [0.15, 0.2) is 73.2 Å². The lowest BCUT2D eigenvalue weighted by Gasteiger charge is -2.29. The monoisotopic (exact) mass is 591 g/mol. The third kappa shape index (κ3) is 5.84. The molecule has 0 N–H and O–H groups in total. The maximum absolute atomic E-state index is 14.2. The number of benzene rings is 2. The van der Waals surface area contributed by atoms with E-state index in [2.05, 4.69) is 10.1 Å². The van der Waals surface area contributed by atoms with Gasteiger partial charge in [-0.2, -0.15) is 18.3 Å². The molecule has 1 aliphatic heterocycles. The van der Waals surface area contributed by atoms with E-state index in [1.165, 1.54) is 12.3 Å². The second-order valence-corrected chi connectivity index (χ2v) is 10.5. The van der Waals surface area contributed by atoms with E-state index >= 15 is 0 Å². The van der Waals surface area contributed by atoms with E-state index in [0.29, 0.717) is 40.1 Å². The number of aromatic nitrogens is 3. The summed E-state index contributed by atoms with van der Waals surface area (Å²) >= 11 is 12.4. The van der Waals surface area contributed by atoms with Crippen molar-refractivity contribution in [2.75, 3.05) is 20.1 Å². The van der Waals surface area contributed by atoms with Crippen LogP contribution >= 0.6 is 23.2 Å². The Morgan fingerprint density at radius 3 is 2.50 bits per heavy atom. The van der Waals surface area contributed by atoms with Crippen molar-refractivity contribution in [2.24, 2.45) is 0 Å². The molecule has 208 valence electrons. The molecule has 40 heavy (non-hydrogen) atoms. The maximum atomic E-state index is 14.2. The van der Waals surface area contributed by atoms with Crippen LogP contribution in [0.4, 0.5) is 17.6 Å². The largest absolute Gasteiger partial charge is 0.419 e. The van der Waals surface area contributed by atoms with Crippen LogP contribution in [0.25, 0.3) is 5.82 Å². The van der Waals surface area contributed by atoms with Gasteiger partial charge in [0.1, 0.15) is 5.82 Å². The lowest BCUT2D eigenvalue weighted by Crippen LogP contribution is -2.38. The SMILES string of the molecule is CN(Cc1ccc(C(F)(F)F)c(F)c1)[C@H]1CN(C(=O)c2ccc(-n3cccn3)nc2)C[C@@H]1c1ccc(Cl)c(Cl)c1. The van der Waals surface area contributed by atoms with Crippen LogP contribution in [0.1, 0.15) is 33.0 Å². The second kappa shape index (κ2) is 11.2. The van der Waals surface area contributed by atoms with E-state index in [-0.39, 0.29) is 24.4 Å². The van der Waals surface area contributed by atoms with Crippen molar-refractivity contribution in [3.63, 3.8) is 0 Å². The highest BCUT2D eigenvalue weighted by atomic mass is 35.5. The van der Waals surface area contributed by atoms with Gasteiger partial charge in [0, 0.05) is 50.2 Å². The normalized spacial score (nSPS) is 17.6. The van der Waals surface area contributed by atoms with Crippen molar-refractivity contribution in [3.8, 4) is 5.82 Å². The second-order valence-electron chi connectivity index (χ2n) is 9.64. The topological polar surface area (TPSA) is 54.3 Å². The highest BCUT2D eigenvalue weighted by Crippen LogP contribution is 2.36. The third-order valence-corrected chi connectivity index (χ3v) is 7.76. The lowest BCUT2D eigenvalue weighted by atomic mass is 9.93. The molecule has 0 aliphatic carbocycles. The van der Waals surface area contributed by atoms with Gasteiger partial charge in [-0.25, -0.2) is 14.1 Å². The standard InChI is InChI=1S/C28H23Cl2F4N5O/c1-37(14-17-3-6-21(24(31)11-17)28(32,33)34)25-16-38(15-20(25)18-4-7-22(29)23(30)12-18)27(40)19-5-8-26(35-13-19)39-10-2-9-36-39/h2-13,20,25H,14-16H2,1H3/t20-,25+/m1/s1. The van der Waals surface area contributed by atoms with Crippen molar-refractivity contribution in [1.82, 2.24) is 24.6 Å².